The zero-order valence-corrected chi connectivity index (χ0v) is 15.6. The maximum atomic E-state index is 13.4. The van der Waals surface area contributed by atoms with E-state index in [-0.39, 0.29) is 4.90 Å². The van der Waals surface area contributed by atoms with E-state index in [1.54, 1.807) is 31.2 Å². The van der Waals surface area contributed by atoms with E-state index < -0.39 is 27.7 Å². The number of nitrogens with zero attached hydrogens (tertiary/aromatic N) is 1. The van der Waals surface area contributed by atoms with E-state index in [4.69, 9.17) is 11.6 Å². The predicted molar refractivity (Wildman–Crippen MR) is 95.2 cm³/mol. The molecule has 7 heteroatoms. The van der Waals surface area contributed by atoms with Crippen molar-refractivity contribution in [1.29, 1.82) is 0 Å². The number of alkyl halides is 1. The molecule has 0 amide bonds. The molecule has 0 aromatic heterocycles. The Morgan fingerprint density at radius 2 is 1.72 bits per heavy atom. The molecule has 2 rings (SSSR count). The molecule has 1 unspecified atom stereocenters. The van der Waals surface area contributed by atoms with Gasteiger partial charge in [-0.1, -0.05) is 18.2 Å². The van der Waals surface area contributed by atoms with Gasteiger partial charge in [0.1, 0.15) is 0 Å². The van der Waals surface area contributed by atoms with Crippen molar-refractivity contribution in [3.8, 4) is 0 Å². The Labute approximate surface area is 152 Å². The molecule has 0 aliphatic rings. The Balaban J connectivity index is 2.23. The van der Waals surface area contributed by atoms with Crippen molar-refractivity contribution in [2.45, 2.75) is 30.7 Å². The topological polar surface area (TPSA) is 37.4 Å². The number of aryl methyl sites for hydroxylation is 1. The van der Waals surface area contributed by atoms with Gasteiger partial charge < -0.3 is 0 Å². The molecule has 0 heterocycles. The normalized spacial score (nSPS) is 13.2. The molecule has 0 fully saturated rings. The van der Waals surface area contributed by atoms with Crippen molar-refractivity contribution in [2.75, 3.05) is 12.9 Å². The first-order chi connectivity index (χ1) is 11.8. The molecule has 3 nitrogen and oxygen atoms in total. The fourth-order valence-electron chi connectivity index (χ4n) is 2.46. The van der Waals surface area contributed by atoms with Gasteiger partial charge in [0.25, 0.3) is 0 Å². The average molecular weight is 388 g/mol. The fourth-order valence-corrected chi connectivity index (χ4v) is 3.94. The van der Waals surface area contributed by atoms with Crippen LogP contribution in [-0.2, 0) is 16.4 Å². The van der Waals surface area contributed by atoms with Crippen LogP contribution in [0.2, 0.25) is 0 Å². The van der Waals surface area contributed by atoms with Crippen molar-refractivity contribution in [2.24, 2.45) is 0 Å². The van der Waals surface area contributed by atoms with Gasteiger partial charge in [-0.3, -0.25) is 0 Å². The Hall–Kier alpha value is -1.50. The van der Waals surface area contributed by atoms with Gasteiger partial charge >= 0.3 is 0 Å². The molecular formula is C18H20ClF2NO2S. The van der Waals surface area contributed by atoms with Crippen LogP contribution in [0.5, 0.6) is 0 Å². The van der Waals surface area contributed by atoms with Crippen molar-refractivity contribution in [3.05, 3.63) is 65.2 Å². The van der Waals surface area contributed by atoms with E-state index in [0.29, 0.717) is 11.4 Å². The van der Waals surface area contributed by atoms with Gasteiger partial charge in [-0.25, -0.2) is 17.2 Å². The number of halogens is 3. The van der Waals surface area contributed by atoms with Crippen LogP contribution in [0.25, 0.3) is 0 Å². The van der Waals surface area contributed by atoms with E-state index >= 15 is 0 Å². The Morgan fingerprint density at radius 1 is 1.08 bits per heavy atom. The summed E-state index contributed by atoms with van der Waals surface area (Å²) in [6.45, 7) is 1.62. The van der Waals surface area contributed by atoms with Gasteiger partial charge in [-0.05, 0) is 55.2 Å². The molecule has 0 aliphatic carbocycles. The first-order valence-electron chi connectivity index (χ1n) is 7.85. The van der Waals surface area contributed by atoms with Gasteiger partial charge in [0.2, 0.25) is 10.0 Å². The zero-order valence-electron chi connectivity index (χ0n) is 14.0. The highest BCUT2D eigenvalue weighted by Crippen LogP contribution is 2.27. The SMILES string of the molecule is CC(c1ccc(F)c(F)c1)N(C)S(=O)(=O)c1ccc(CCCCl)cc1. The number of hydrogen-bond acceptors (Lipinski definition) is 2. The minimum Gasteiger partial charge on any atom is -0.207 e. The largest absolute Gasteiger partial charge is 0.243 e. The molecular weight excluding hydrogens is 368 g/mol. The minimum absolute atomic E-state index is 0.152. The van der Waals surface area contributed by atoms with Crippen LogP contribution < -0.4 is 0 Å². The highest BCUT2D eigenvalue weighted by Gasteiger charge is 2.26. The molecule has 2 aromatic rings. The molecule has 1 atom stereocenters. The van der Waals surface area contributed by atoms with E-state index in [2.05, 4.69) is 0 Å². The van der Waals surface area contributed by atoms with Gasteiger partial charge in [0, 0.05) is 19.0 Å². The maximum absolute atomic E-state index is 13.4. The number of sulfonamides is 1. The van der Waals surface area contributed by atoms with E-state index in [1.165, 1.54) is 13.1 Å². The lowest BCUT2D eigenvalue weighted by Gasteiger charge is -2.25. The zero-order chi connectivity index (χ0) is 18.6. The molecule has 0 radical (unpaired) electrons. The van der Waals surface area contributed by atoms with Crippen molar-refractivity contribution >= 4 is 21.6 Å². The summed E-state index contributed by atoms with van der Waals surface area (Å²) in [6.07, 6.45) is 1.60. The Morgan fingerprint density at radius 3 is 2.28 bits per heavy atom. The number of rotatable bonds is 7. The van der Waals surface area contributed by atoms with Crippen LogP contribution in [-0.4, -0.2) is 25.7 Å². The van der Waals surface area contributed by atoms with Crippen LogP contribution in [0.3, 0.4) is 0 Å². The monoisotopic (exact) mass is 387 g/mol. The summed E-state index contributed by atoms with van der Waals surface area (Å²) < 4.78 is 53.2. The third kappa shape index (κ3) is 4.57. The van der Waals surface area contributed by atoms with Crippen LogP contribution >= 0.6 is 11.6 Å². The summed E-state index contributed by atoms with van der Waals surface area (Å²) >= 11 is 5.66. The minimum atomic E-state index is -3.76. The first-order valence-corrected chi connectivity index (χ1v) is 9.82. The van der Waals surface area contributed by atoms with Crippen LogP contribution in [0.1, 0.15) is 30.5 Å². The van der Waals surface area contributed by atoms with Crippen molar-refractivity contribution in [3.63, 3.8) is 0 Å². The lowest BCUT2D eigenvalue weighted by molar-refractivity contribution is 0.395. The van der Waals surface area contributed by atoms with E-state index in [9.17, 15) is 17.2 Å². The molecule has 136 valence electrons. The second-order valence-electron chi connectivity index (χ2n) is 5.81. The summed E-state index contributed by atoms with van der Waals surface area (Å²) in [4.78, 5) is 0.152. The average Bonchev–Trinajstić information content (AvgIpc) is 2.61. The van der Waals surface area contributed by atoms with Crippen LogP contribution in [0.4, 0.5) is 8.78 Å². The lowest BCUT2D eigenvalue weighted by Crippen LogP contribution is -2.30. The van der Waals surface area contributed by atoms with E-state index in [1.807, 2.05) is 0 Å². The molecule has 2 aromatic carbocycles. The fraction of sp³-hybridized carbons (Fsp3) is 0.333. The Bertz CT molecular complexity index is 825. The lowest BCUT2D eigenvalue weighted by atomic mass is 10.1. The Kier molecular flexibility index (Phi) is 6.54. The van der Waals surface area contributed by atoms with Crippen molar-refractivity contribution < 1.29 is 17.2 Å². The second-order valence-corrected chi connectivity index (χ2v) is 8.18. The maximum Gasteiger partial charge on any atom is 0.243 e. The smallest absolute Gasteiger partial charge is 0.207 e. The molecule has 0 saturated heterocycles. The number of hydrogen-bond donors (Lipinski definition) is 0. The van der Waals surface area contributed by atoms with Gasteiger partial charge in [-0.15, -0.1) is 11.6 Å². The quantitative estimate of drug-likeness (QED) is 0.655. The summed E-state index contributed by atoms with van der Waals surface area (Å²) in [6, 6.07) is 9.36. The molecule has 0 bridgehead atoms. The number of benzene rings is 2. The van der Waals surface area contributed by atoms with Crippen LogP contribution in [0.15, 0.2) is 47.4 Å². The van der Waals surface area contributed by atoms with Gasteiger partial charge in [-0.2, -0.15) is 4.31 Å². The summed E-state index contributed by atoms with van der Waals surface area (Å²) in [5, 5.41) is 0. The summed E-state index contributed by atoms with van der Waals surface area (Å²) in [5.74, 6) is -1.41. The van der Waals surface area contributed by atoms with Crippen LogP contribution in [0, 0.1) is 11.6 Å². The van der Waals surface area contributed by atoms with Gasteiger partial charge in [0.05, 0.1) is 4.90 Å². The summed E-state index contributed by atoms with van der Waals surface area (Å²) in [5.41, 5.74) is 1.39. The van der Waals surface area contributed by atoms with E-state index in [0.717, 1.165) is 34.8 Å². The molecule has 0 spiro atoms. The van der Waals surface area contributed by atoms with Gasteiger partial charge in [0.15, 0.2) is 11.6 Å². The standard InChI is InChI=1S/C18H20ClF2NO2S/c1-13(15-7-10-17(20)18(21)12-15)22(2)25(23,24)16-8-5-14(6-9-16)4-3-11-19/h5-10,12-13H,3-4,11H2,1-2H3. The first kappa shape index (κ1) is 19.8. The highest BCUT2D eigenvalue weighted by atomic mass is 35.5. The second kappa shape index (κ2) is 8.25. The predicted octanol–water partition coefficient (Wildman–Crippen LogP) is 4.52. The van der Waals surface area contributed by atoms with Crippen molar-refractivity contribution in [1.82, 2.24) is 4.31 Å². The molecule has 25 heavy (non-hydrogen) atoms. The summed E-state index contributed by atoms with van der Waals surface area (Å²) in [7, 11) is -2.34. The third-order valence-corrected chi connectivity index (χ3v) is 6.38. The third-order valence-electron chi connectivity index (χ3n) is 4.17. The molecule has 0 saturated carbocycles. The molecule has 0 N–H and O–H groups in total. The molecule has 0 aliphatic heterocycles. The highest BCUT2D eigenvalue weighted by molar-refractivity contribution is 7.89.